The third kappa shape index (κ3) is 2.65. The van der Waals surface area contributed by atoms with Crippen molar-refractivity contribution in [1.29, 1.82) is 0 Å². The molecule has 0 atom stereocenters. The molecule has 1 aromatic heterocycles. The molecule has 7 heteroatoms. The van der Waals surface area contributed by atoms with E-state index in [1.807, 2.05) is 0 Å². The molecule has 0 amide bonds. The van der Waals surface area contributed by atoms with Crippen LogP contribution in [-0.4, -0.2) is 21.0 Å². The molecule has 0 aliphatic rings. The Labute approximate surface area is 77.5 Å². The van der Waals surface area contributed by atoms with Crippen molar-refractivity contribution in [3.05, 3.63) is 10.6 Å². The summed E-state index contributed by atoms with van der Waals surface area (Å²) in [6.45, 7) is 0. The van der Waals surface area contributed by atoms with E-state index in [4.69, 9.17) is 39.5 Å². The molecule has 0 saturated carbocycles. The third-order valence-electron chi connectivity index (χ3n) is 0.744. The lowest BCUT2D eigenvalue weighted by Crippen LogP contribution is -1.97. The van der Waals surface area contributed by atoms with Crippen molar-refractivity contribution in [1.82, 2.24) is 15.0 Å². The van der Waals surface area contributed by atoms with Gasteiger partial charge in [-0.15, -0.1) is 0 Å². The Hall–Kier alpha value is -0.320. The van der Waals surface area contributed by atoms with E-state index in [1.165, 1.54) is 0 Å². The molecule has 0 fully saturated rings. The molecule has 4 nitrogen and oxygen atoms in total. The fourth-order valence-corrected chi connectivity index (χ4v) is 0.868. The van der Waals surface area contributed by atoms with Crippen molar-refractivity contribution in [2.45, 2.75) is 0 Å². The summed E-state index contributed by atoms with van der Waals surface area (Å²) >= 11 is 16.1. The van der Waals surface area contributed by atoms with Gasteiger partial charge in [0.2, 0.25) is 10.6 Å². The highest BCUT2D eigenvalue weighted by molar-refractivity contribution is 6.31. The first kappa shape index (κ1) is 8.77. The standard InChI is InChI=1S/C4H2Cl3N3O/c5-1-11-4-9-2(6)8-3(7)10-4/h1H2. The van der Waals surface area contributed by atoms with Crippen LogP contribution in [0.25, 0.3) is 0 Å². The minimum Gasteiger partial charge on any atom is -0.447 e. The van der Waals surface area contributed by atoms with Gasteiger partial charge < -0.3 is 4.74 Å². The number of aromatic nitrogens is 3. The lowest BCUT2D eigenvalue weighted by atomic mass is 11.0. The van der Waals surface area contributed by atoms with Crippen LogP contribution in [0.3, 0.4) is 0 Å². The van der Waals surface area contributed by atoms with Crippen LogP contribution in [0.2, 0.25) is 10.6 Å². The molecule has 1 rings (SSSR count). The number of alkyl halides is 1. The Balaban J connectivity index is 2.89. The summed E-state index contributed by atoms with van der Waals surface area (Å²) in [6.07, 6.45) is 0. The predicted molar refractivity (Wildman–Crippen MR) is 41.2 cm³/mol. The van der Waals surface area contributed by atoms with Crippen LogP contribution < -0.4 is 4.74 Å². The van der Waals surface area contributed by atoms with Crippen molar-refractivity contribution in [2.75, 3.05) is 6.07 Å². The monoisotopic (exact) mass is 213 g/mol. The van der Waals surface area contributed by atoms with Crippen LogP contribution in [-0.2, 0) is 0 Å². The second-order valence-electron chi connectivity index (χ2n) is 1.41. The average Bonchev–Trinajstić information content (AvgIpc) is 1.85. The highest BCUT2D eigenvalue weighted by Gasteiger charge is 2.02. The van der Waals surface area contributed by atoms with Crippen molar-refractivity contribution >= 4 is 34.8 Å². The molecule has 11 heavy (non-hydrogen) atoms. The van der Waals surface area contributed by atoms with Gasteiger partial charge in [0.05, 0.1) is 0 Å². The van der Waals surface area contributed by atoms with Gasteiger partial charge in [0.1, 0.15) is 0 Å². The Morgan fingerprint density at radius 1 is 1.09 bits per heavy atom. The van der Waals surface area contributed by atoms with E-state index in [1.54, 1.807) is 0 Å². The van der Waals surface area contributed by atoms with E-state index < -0.39 is 0 Å². The Morgan fingerprint density at radius 3 is 2.09 bits per heavy atom. The van der Waals surface area contributed by atoms with E-state index in [9.17, 15) is 0 Å². The second-order valence-corrected chi connectivity index (χ2v) is 2.30. The molecular formula is C4H2Cl3N3O. The van der Waals surface area contributed by atoms with E-state index in [0.29, 0.717) is 0 Å². The van der Waals surface area contributed by atoms with E-state index in [0.717, 1.165) is 0 Å². The van der Waals surface area contributed by atoms with Gasteiger partial charge in [-0.3, -0.25) is 0 Å². The van der Waals surface area contributed by atoms with E-state index in [2.05, 4.69) is 15.0 Å². The van der Waals surface area contributed by atoms with Gasteiger partial charge in [-0.05, 0) is 23.2 Å². The number of halogens is 3. The van der Waals surface area contributed by atoms with Crippen LogP contribution in [0.1, 0.15) is 0 Å². The summed E-state index contributed by atoms with van der Waals surface area (Å²) in [4.78, 5) is 10.7. The molecule has 60 valence electrons. The third-order valence-corrected chi connectivity index (χ3v) is 1.19. The highest BCUT2D eigenvalue weighted by Crippen LogP contribution is 2.11. The molecule has 1 aromatic rings. The largest absolute Gasteiger partial charge is 0.447 e. The topological polar surface area (TPSA) is 47.9 Å². The van der Waals surface area contributed by atoms with Crippen LogP contribution >= 0.6 is 34.8 Å². The van der Waals surface area contributed by atoms with Crippen molar-refractivity contribution in [3.8, 4) is 6.01 Å². The lowest BCUT2D eigenvalue weighted by Gasteiger charge is -1.98. The van der Waals surface area contributed by atoms with Crippen molar-refractivity contribution in [3.63, 3.8) is 0 Å². The zero-order valence-electron chi connectivity index (χ0n) is 5.09. The first-order chi connectivity index (χ1) is 5.22. The quantitative estimate of drug-likeness (QED) is 0.704. The number of rotatable bonds is 2. The summed E-state index contributed by atoms with van der Waals surface area (Å²) < 4.78 is 4.70. The zero-order valence-corrected chi connectivity index (χ0v) is 7.36. The molecule has 0 aliphatic carbocycles. The smallest absolute Gasteiger partial charge is 0.323 e. The molecule has 0 aromatic carbocycles. The van der Waals surface area contributed by atoms with Gasteiger partial charge in [-0.2, -0.15) is 15.0 Å². The summed E-state index contributed by atoms with van der Waals surface area (Å²) in [5, 5.41) is -0.0461. The van der Waals surface area contributed by atoms with Crippen LogP contribution in [0, 0.1) is 0 Å². The summed E-state index contributed by atoms with van der Waals surface area (Å²) in [5.41, 5.74) is 0. The van der Waals surface area contributed by atoms with Gasteiger partial charge in [0.15, 0.2) is 6.07 Å². The highest BCUT2D eigenvalue weighted by atomic mass is 35.5. The average molecular weight is 214 g/mol. The number of ether oxygens (including phenoxy) is 1. The molecule has 0 N–H and O–H groups in total. The second kappa shape index (κ2) is 3.90. The summed E-state index contributed by atoms with van der Waals surface area (Å²) in [6, 6.07) is -0.0403. The molecule has 0 aliphatic heterocycles. The Morgan fingerprint density at radius 2 is 1.64 bits per heavy atom. The van der Waals surface area contributed by atoms with Gasteiger partial charge in [-0.25, -0.2) is 0 Å². The number of hydrogen-bond donors (Lipinski definition) is 0. The number of hydrogen-bond acceptors (Lipinski definition) is 4. The summed E-state index contributed by atoms with van der Waals surface area (Å²) in [5.74, 6) is 0. The van der Waals surface area contributed by atoms with Gasteiger partial charge >= 0.3 is 6.01 Å². The first-order valence-electron chi connectivity index (χ1n) is 2.48. The molecular weight excluding hydrogens is 212 g/mol. The predicted octanol–water partition coefficient (Wildman–Crippen LogP) is 1.75. The minimum atomic E-state index is -0.0589. The number of nitrogens with zero attached hydrogens (tertiary/aromatic N) is 3. The molecule has 0 unspecified atom stereocenters. The molecule has 1 heterocycles. The normalized spacial score (nSPS) is 9.73. The van der Waals surface area contributed by atoms with Crippen LogP contribution in [0.5, 0.6) is 6.01 Å². The van der Waals surface area contributed by atoms with Gasteiger partial charge in [-0.1, -0.05) is 11.6 Å². The molecule has 0 saturated heterocycles. The SMILES string of the molecule is ClCOc1nc(Cl)nc(Cl)n1. The summed E-state index contributed by atoms with van der Waals surface area (Å²) in [7, 11) is 0. The van der Waals surface area contributed by atoms with Gasteiger partial charge in [0.25, 0.3) is 0 Å². The van der Waals surface area contributed by atoms with Crippen molar-refractivity contribution in [2.24, 2.45) is 0 Å². The molecule has 0 spiro atoms. The van der Waals surface area contributed by atoms with Crippen molar-refractivity contribution < 1.29 is 4.74 Å². The fourth-order valence-electron chi connectivity index (χ4n) is 0.422. The maximum absolute atomic E-state index is 5.42. The molecule has 0 radical (unpaired) electrons. The zero-order chi connectivity index (χ0) is 8.27. The Bertz CT molecular complexity index is 236. The van der Waals surface area contributed by atoms with Crippen LogP contribution in [0.15, 0.2) is 0 Å². The Kier molecular flexibility index (Phi) is 3.11. The lowest BCUT2D eigenvalue weighted by molar-refractivity contribution is 0.354. The van der Waals surface area contributed by atoms with E-state index >= 15 is 0 Å². The van der Waals surface area contributed by atoms with Crippen LogP contribution in [0.4, 0.5) is 0 Å². The van der Waals surface area contributed by atoms with E-state index in [-0.39, 0.29) is 22.6 Å². The maximum Gasteiger partial charge on any atom is 0.323 e. The maximum atomic E-state index is 5.42. The fraction of sp³-hybridized carbons (Fsp3) is 0.250. The van der Waals surface area contributed by atoms with Gasteiger partial charge in [0, 0.05) is 0 Å². The minimum absolute atomic E-state index is 0.0185. The first-order valence-corrected chi connectivity index (χ1v) is 3.77. The molecule has 0 bridgehead atoms.